The number of rotatable bonds is 5. The van der Waals surface area contributed by atoms with Crippen LogP contribution in [-0.4, -0.2) is 7.05 Å². The molecule has 0 fully saturated rings. The lowest BCUT2D eigenvalue weighted by Gasteiger charge is -2.15. The summed E-state index contributed by atoms with van der Waals surface area (Å²) < 4.78 is 0. The van der Waals surface area contributed by atoms with Crippen molar-refractivity contribution in [2.24, 2.45) is 0 Å². The van der Waals surface area contributed by atoms with Gasteiger partial charge in [0.25, 0.3) is 0 Å². The lowest BCUT2D eigenvalue weighted by molar-refractivity contribution is 0.592. The number of hydrogen-bond donors (Lipinski definition) is 1. The second-order valence-electron chi connectivity index (χ2n) is 3.60. The van der Waals surface area contributed by atoms with Crippen LogP contribution in [0.4, 0.5) is 0 Å². The van der Waals surface area contributed by atoms with Gasteiger partial charge in [0.15, 0.2) is 0 Å². The Hall–Kier alpha value is -0.600. The smallest absolute Gasteiger partial charge is 0.0449 e. The second-order valence-corrected chi connectivity index (χ2v) is 4.92. The van der Waals surface area contributed by atoms with E-state index in [1.807, 2.05) is 18.4 Å². The van der Waals surface area contributed by atoms with Crippen molar-refractivity contribution in [3.63, 3.8) is 0 Å². The van der Waals surface area contributed by atoms with E-state index in [4.69, 9.17) is 0 Å². The van der Waals surface area contributed by atoms with E-state index in [0.717, 1.165) is 12.8 Å². The van der Waals surface area contributed by atoms with Crippen molar-refractivity contribution < 1.29 is 0 Å². The Balaban J connectivity index is 2.67. The second kappa shape index (κ2) is 5.32. The molecule has 1 nitrogen and oxygen atoms in total. The molecule has 1 aromatic heterocycles. The maximum absolute atomic E-state index is 4.06. The molecule has 0 spiro atoms. The predicted octanol–water partition coefficient (Wildman–Crippen LogP) is 3.67. The minimum Gasteiger partial charge on any atom is -0.312 e. The van der Waals surface area contributed by atoms with Crippen LogP contribution >= 0.6 is 11.3 Å². The Morgan fingerprint density at radius 2 is 2.29 bits per heavy atom. The first-order chi connectivity index (χ1) is 6.67. The highest BCUT2D eigenvalue weighted by Gasteiger charge is 2.11. The Morgan fingerprint density at radius 1 is 1.57 bits per heavy atom. The van der Waals surface area contributed by atoms with Gasteiger partial charge >= 0.3 is 0 Å². The molecule has 1 heterocycles. The summed E-state index contributed by atoms with van der Waals surface area (Å²) in [4.78, 5) is 2.79. The third kappa shape index (κ3) is 2.96. The van der Waals surface area contributed by atoms with Crippen LogP contribution in [-0.2, 0) is 0 Å². The van der Waals surface area contributed by atoms with Gasteiger partial charge in [0.2, 0.25) is 0 Å². The van der Waals surface area contributed by atoms with Crippen molar-refractivity contribution in [2.75, 3.05) is 7.05 Å². The van der Waals surface area contributed by atoms with Crippen LogP contribution in [0, 0.1) is 6.92 Å². The van der Waals surface area contributed by atoms with E-state index in [0.29, 0.717) is 6.04 Å². The van der Waals surface area contributed by atoms with Crippen molar-refractivity contribution in [1.82, 2.24) is 5.32 Å². The van der Waals surface area contributed by atoms with E-state index >= 15 is 0 Å². The molecule has 1 rings (SSSR count). The summed E-state index contributed by atoms with van der Waals surface area (Å²) in [7, 11) is 2.02. The third-order valence-electron chi connectivity index (χ3n) is 2.45. The van der Waals surface area contributed by atoms with Crippen LogP contribution in [0.3, 0.4) is 0 Å². The van der Waals surface area contributed by atoms with Gasteiger partial charge < -0.3 is 5.32 Å². The van der Waals surface area contributed by atoms with E-state index in [2.05, 4.69) is 37.9 Å². The molecule has 0 aliphatic heterocycles. The standard InChI is InChI=1S/C12H19NS/c1-5-9(2)8-11(13-4)12-7-6-10(3)14-12/h6-7,11,13H,2,5,8H2,1,3-4H3. The minimum absolute atomic E-state index is 0.446. The largest absolute Gasteiger partial charge is 0.312 e. The Morgan fingerprint density at radius 3 is 2.71 bits per heavy atom. The molecule has 78 valence electrons. The van der Waals surface area contributed by atoms with E-state index in [1.165, 1.54) is 15.3 Å². The average Bonchev–Trinajstić information content (AvgIpc) is 2.60. The highest BCUT2D eigenvalue weighted by atomic mass is 32.1. The van der Waals surface area contributed by atoms with Gasteiger partial charge in [-0.1, -0.05) is 19.1 Å². The van der Waals surface area contributed by atoms with Gasteiger partial charge in [-0.25, -0.2) is 0 Å². The molecule has 2 heteroatoms. The van der Waals surface area contributed by atoms with Crippen LogP contribution in [0.5, 0.6) is 0 Å². The summed E-state index contributed by atoms with van der Waals surface area (Å²) in [5, 5.41) is 3.35. The van der Waals surface area contributed by atoms with Gasteiger partial charge in [0.1, 0.15) is 0 Å². The van der Waals surface area contributed by atoms with E-state index in [-0.39, 0.29) is 0 Å². The molecular formula is C12H19NS. The quantitative estimate of drug-likeness (QED) is 0.730. The zero-order chi connectivity index (χ0) is 10.6. The number of nitrogens with one attached hydrogen (secondary N) is 1. The Labute approximate surface area is 90.9 Å². The molecule has 0 saturated heterocycles. The summed E-state index contributed by atoms with van der Waals surface area (Å²) in [5.41, 5.74) is 1.32. The maximum Gasteiger partial charge on any atom is 0.0449 e. The lowest BCUT2D eigenvalue weighted by Crippen LogP contribution is -2.15. The topological polar surface area (TPSA) is 12.0 Å². The third-order valence-corrected chi connectivity index (χ3v) is 3.56. The molecular weight excluding hydrogens is 190 g/mol. The highest BCUT2D eigenvalue weighted by Crippen LogP contribution is 2.27. The predicted molar refractivity (Wildman–Crippen MR) is 64.9 cm³/mol. The summed E-state index contributed by atoms with van der Waals surface area (Å²) in [5.74, 6) is 0. The molecule has 0 radical (unpaired) electrons. The first kappa shape index (κ1) is 11.5. The van der Waals surface area contributed by atoms with E-state index in [9.17, 15) is 0 Å². The average molecular weight is 209 g/mol. The Bertz CT molecular complexity index is 301. The van der Waals surface area contributed by atoms with Crippen LogP contribution in [0.1, 0.15) is 35.6 Å². The summed E-state index contributed by atoms with van der Waals surface area (Å²) in [6.07, 6.45) is 2.12. The van der Waals surface area contributed by atoms with Gasteiger partial charge in [-0.15, -0.1) is 11.3 Å². The van der Waals surface area contributed by atoms with E-state index < -0.39 is 0 Å². The first-order valence-corrected chi connectivity index (χ1v) is 5.89. The maximum atomic E-state index is 4.06. The molecule has 0 aliphatic carbocycles. The van der Waals surface area contributed by atoms with Crippen LogP contribution in [0.15, 0.2) is 24.3 Å². The van der Waals surface area contributed by atoms with Gasteiger partial charge in [-0.3, -0.25) is 0 Å². The fourth-order valence-corrected chi connectivity index (χ4v) is 2.41. The van der Waals surface area contributed by atoms with Crippen molar-refractivity contribution in [1.29, 1.82) is 0 Å². The van der Waals surface area contributed by atoms with Crippen LogP contribution < -0.4 is 5.32 Å². The lowest BCUT2D eigenvalue weighted by atomic mass is 10.0. The molecule has 1 unspecified atom stereocenters. The SMILES string of the molecule is C=C(CC)CC(NC)c1ccc(C)s1. The number of thiophene rings is 1. The van der Waals surface area contributed by atoms with Crippen molar-refractivity contribution in [3.8, 4) is 0 Å². The number of aryl methyl sites for hydroxylation is 1. The monoisotopic (exact) mass is 209 g/mol. The van der Waals surface area contributed by atoms with Crippen molar-refractivity contribution >= 4 is 11.3 Å². The molecule has 1 N–H and O–H groups in total. The summed E-state index contributed by atoms with van der Waals surface area (Å²) in [6.45, 7) is 8.37. The Kier molecular flexibility index (Phi) is 4.36. The fourth-order valence-electron chi connectivity index (χ4n) is 1.42. The van der Waals surface area contributed by atoms with Crippen molar-refractivity contribution in [3.05, 3.63) is 34.0 Å². The number of hydrogen-bond acceptors (Lipinski definition) is 2. The van der Waals surface area contributed by atoms with Crippen molar-refractivity contribution in [2.45, 2.75) is 32.7 Å². The molecule has 0 aliphatic rings. The fraction of sp³-hybridized carbons (Fsp3) is 0.500. The molecule has 0 bridgehead atoms. The van der Waals surface area contributed by atoms with Crippen LogP contribution in [0.2, 0.25) is 0 Å². The first-order valence-electron chi connectivity index (χ1n) is 5.07. The minimum atomic E-state index is 0.446. The van der Waals surface area contributed by atoms with Crippen LogP contribution in [0.25, 0.3) is 0 Å². The summed E-state index contributed by atoms with van der Waals surface area (Å²) >= 11 is 1.87. The molecule has 0 saturated carbocycles. The zero-order valence-electron chi connectivity index (χ0n) is 9.26. The molecule has 0 amide bonds. The molecule has 14 heavy (non-hydrogen) atoms. The van der Waals surface area contributed by atoms with Gasteiger partial charge in [-0.2, -0.15) is 0 Å². The zero-order valence-corrected chi connectivity index (χ0v) is 10.1. The van der Waals surface area contributed by atoms with Gasteiger partial charge in [-0.05, 0) is 38.9 Å². The molecule has 1 atom stereocenters. The van der Waals surface area contributed by atoms with Gasteiger partial charge in [0, 0.05) is 15.8 Å². The highest BCUT2D eigenvalue weighted by molar-refractivity contribution is 7.12. The normalized spacial score (nSPS) is 12.8. The van der Waals surface area contributed by atoms with E-state index in [1.54, 1.807) is 0 Å². The molecule has 0 aromatic carbocycles. The molecule has 1 aromatic rings. The summed E-state index contributed by atoms with van der Waals surface area (Å²) in [6, 6.07) is 4.84. The van der Waals surface area contributed by atoms with Gasteiger partial charge in [0.05, 0.1) is 0 Å².